The fourth-order valence-corrected chi connectivity index (χ4v) is 5.35. The number of allylic oxidation sites excluding steroid dienone is 1. The van der Waals surface area contributed by atoms with E-state index >= 15 is 0 Å². The first-order valence-corrected chi connectivity index (χ1v) is 9.23. The van der Waals surface area contributed by atoms with Gasteiger partial charge >= 0.3 is 0 Å². The maximum Gasteiger partial charge on any atom is 0.175 e. The van der Waals surface area contributed by atoms with Crippen molar-refractivity contribution in [2.75, 3.05) is 5.75 Å². The van der Waals surface area contributed by atoms with Crippen LogP contribution in [-0.4, -0.2) is 27.8 Å². The van der Waals surface area contributed by atoms with E-state index in [1.54, 1.807) is 6.92 Å². The Balaban J connectivity index is 2.67. The largest absolute Gasteiger partial charge is 0.224 e. The van der Waals surface area contributed by atoms with Gasteiger partial charge in [0.2, 0.25) is 0 Å². The molecule has 1 rings (SSSR count). The van der Waals surface area contributed by atoms with Crippen LogP contribution in [0.1, 0.15) is 46.0 Å². The summed E-state index contributed by atoms with van der Waals surface area (Å²) in [6.45, 7) is 3.60. The summed E-state index contributed by atoms with van der Waals surface area (Å²) in [7, 11) is -6.70. The third-order valence-corrected chi connectivity index (χ3v) is 6.97. The van der Waals surface area contributed by atoms with E-state index in [0.717, 1.165) is 24.7 Å². The van der Waals surface area contributed by atoms with E-state index in [0.29, 0.717) is 6.42 Å². The Morgan fingerprint density at radius 3 is 2.41 bits per heavy atom. The van der Waals surface area contributed by atoms with Crippen LogP contribution in [0.3, 0.4) is 0 Å². The first kappa shape index (κ1) is 14.7. The second-order valence-corrected chi connectivity index (χ2v) is 8.95. The van der Waals surface area contributed by atoms with Gasteiger partial charge in [0.1, 0.15) is 0 Å². The molecule has 0 amide bonds. The van der Waals surface area contributed by atoms with Crippen LogP contribution in [0.4, 0.5) is 0 Å². The van der Waals surface area contributed by atoms with E-state index in [4.69, 9.17) is 0 Å². The van der Waals surface area contributed by atoms with Crippen LogP contribution in [-0.2, 0) is 19.7 Å². The van der Waals surface area contributed by atoms with Crippen LogP contribution in [0.25, 0.3) is 0 Å². The van der Waals surface area contributed by atoms with Crippen LogP contribution >= 0.6 is 0 Å². The first-order chi connectivity index (χ1) is 7.79. The average molecular weight is 280 g/mol. The standard InChI is InChI=1S/C11H20O4S2/c1-3-4-5-6-7-16(12,13)11-8-10(2)17(14,15)9-11/h9-10H,3-8H2,1-2H3. The summed E-state index contributed by atoms with van der Waals surface area (Å²) in [5.74, 6) is 0.0705. The quantitative estimate of drug-likeness (QED) is 0.698. The molecule has 0 radical (unpaired) electrons. The highest BCUT2D eigenvalue weighted by Gasteiger charge is 2.33. The van der Waals surface area contributed by atoms with Crippen LogP contribution in [0, 0.1) is 0 Å². The number of rotatable bonds is 6. The van der Waals surface area contributed by atoms with Gasteiger partial charge in [0.15, 0.2) is 19.7 Å². The van der Waals surface area contributed by atoms with Crippen molar-refractivity contribution >= 4 is 19.7 Å². The molecule has 17 heavy (non-hydrogen) atoms. The van der Waals surface area contributed by atoms with Crippen molar-refractivity contribution in [3.05, 3.63) is 10.3 Å². The fraction of sp³-hybridized carbons (Fsp3) is 0.818. The van der Waals surface area contributed by atoms with Crippen molar-refractivity contribution < 1.29 is 16.8 Å². The molecule has 0 bridgehead atoms. The molecule has 0 aliphatic carbocycles. The Kier molecular flexibility index (Phi) is 4.77. The number of sulfone groups is 2. The monoisotopic (exact) mass is 280 g/mol. The fourth-order valence-electron chi connectivity index (χ4n) is 1.80. The van der Waals surface area contributed by atoms with Crippen molar-refractivity contribution in [1.82, 2.24) is 0 Å². The van der Waals surface area contributed by atoms with Crippen molar-refractivity contribution in [1.29, 1.82) is 0 Å². The van der Waals surface area contributed by atoms with Gasteiger partial charge in [0.05, 0.1) is 15.9 Å². The minimum absolute atomic E-state index is 0.0705. The van der Waals surface area contributed by atoms with Crippen molar-refractivity contribution in [3.63, 3.8) is 0 Å². The van der Waals surface area contributed by atoms with Crippen molar-refractivity contribution in [2.45, 2.75) is 51.2 Å². The van der Waals surface area contributed by atoms with Crippen LogP contribution in [0.15, 0.2) is 10.3 Å². The topological polar surface area (TPSA) is 68.3 Å². The Morgan fingerprint density at radius 2 is 1.94 bits per heavy atom. The molecule has 0 fully saturated rings. The summed E-state index contributed by atoms with van der Waals surface area (Å²) < 4.78 is 46.7. The zero-order chi connectivity index (χ0) is 13.1. The average Bonchev–Trinajstić information content (AvgIpc) is 2.49. The molecular formula is C11H20O4S2. The van der Waals surface area contributed by atoms with Gasteiger partial charge in [-0.3, -0.25) is 0 Å². The van der Waals surface area contributed by atoms with E-state index in [9.17, 15) is 16.8 Å². The molecule has 0 aromatic carbocycles. The molecule has 1 unspecified atom stereocenters. The minimum Gasteiger partial charge on any atom is -0.224 e. The van der Waals surface area contributed by atoms with E-state index < -0.39 is 24.9 Å². The highest BCUT2D eigenvalue weighted by atomic mass is 32.2. The van der Waals surface area contributed by atoms with Crippen molar-refractivity contribution in [2.24, 2.45) is 0 Å². The zero-order valence-electron chi connectivity index (χ0n) is 10.3. The summed E-state index contributed by atoms with van der Waals surface area (Å²) in [4.78, 5) is 0.0986. The summed E-state index contributed by atoms with van der Waals surface area (Å²) in [6, 6.07) is 0. The molecule has 1 atom stereocenters. The predicted octanol–water partition coefficient (Wildman–Crippen LogP) is 2.03. The maximum absolute atomic E-state index is 11.9. The molecule has 6 heteroatoms. The maximum atomic E-state index is 11.9. The van der Waals surface area contributed by atoms with Gasteiger partial charge in [-0.2, -0.15) is 0 Å². The normalized spacial score (nSPS) is 23.6. The molecule has 0 saturated carbocycles. The van der Waals surface area contributed by atoms with Gasteiger partial charge in [-0.15, -0.1) is 0 Å². The second kappa shape index (κ2) is 5.52. The third-order valence-electron chi connectivity index (χ3n) is 3.01. The number of hydrogen-bond acceptors (Lipinski definition) is 4. The van der Waals surface area contributed by atoms with E-state index in [1.807, 2.05) is 0 Å². The van der Waals surface area contributed by atoms with Gasteiger partial charge in [-0.1, -0.05) is 26.2 Å². The third kappa shape index (κ3) is 3.81. The van der Waals surface area contributed by atoms with Crippen LogP contribution < -0.4 is 0 Å². The minimum atomic E-state index is -3.36. The molecule has 0 aromatic rings. The first-order valence-electron chi connectivity index (χ1n) is 5.97. The van der Waals surface area contributed by atoms with Gasteiger partial charge in [-0.25, -0.2) is 16.8 Å². The Labute approximate surface area is 104 Å². The lowest BCUT2D eigenvalue weighted by molar-refractivity contribution is 0.592. The lowest BCUT2D eigenvalue weighted by Crippen LogP contribution is -2.11. The highest BCUT2D eigenvalue weighted by Crippen LogP contribution is 2.28. The van der Waals surface area contributed by atoms with Crippen LogP contribution in [0.5, 0.6) is 0 Å². The molecular weight excluding hydrogens is 260 g/mol. The lowest BCUT2D eigenvalue weighted by atomic mass is 10.2. The van der Waals surface area contributed by atoms with Crippen molar-refractivity contribution in [3.8, 4) is 0 Å². The smallest absolute Gasteiger partial charge is 0.175 e. The Hall–Kier alpha value is -0.360. The SMILES string of the molecule is CCCCCCS(=O)(=O)C1=CS(=O)(=O)C(C)C1. The molecule has 4 nitrogen and oxygen atoms in total. The van der Waals surface area contributed by atoms with Gasteiger partial charge in [-0.05, 0) is 13.3 Å². The molecule has 1 aliphatic rings. The molecule has 0 spiro atoms. The highest BCUT2D eigenvalue weighted by molar-refractivity contribution is 7.99. The van der Waals surface area contributed by atoms with Gasteiger partial charge < -0.3 is 0 Å². The Morgan fingerprint density at radius 1 is 1.29 bits per heavy atom. The second-order valence-electron chi connectivity index (χ2n) is 4.57. The Bertz CT molecular complexity index is 486. The molecule has 0 N–H and O–H groups in total. The van der Waals surface area contributed by atoms with E-state index in [2.05, 4.69) is 6.92 Å². The number of unbranched alkanes of at least 4 members (excludes halogenated alkanes) is 3. The summed E-state index contributed by atoms with van der Waals surface area (Å²) >= 11 is 0. The van der Waals surface area contributed by atoms with Gasteiger partial charge in [0, 0.05) is 11.8 Å². The summed E-state index contributed by atoms with van der Waals surface area (Å²) in [6.07, 6.45) is 3.70. The summed E-state index contributed by atoms with van der Waals surface area (Å²) in [5, 5.41) is 0.357. The predicted molar refractivity (Wildman–Crippen MR) is 69.0 cm³/mol. The lowest BCUT2D eigenvalue weighted by Gasteiger charge is -2.05. The molecule has 1 aliphatic heterocycles. The van der Waals surface area contributed by atoms with Crippen LogP contribution in [0.2, 0.25) is 0 Å². The number of hydrogen-bond donors (Lipinski definition) is 0. The summed E-state index contributed by atoms with van der Waals surface area (Å²) in [5.41, 5.74) is 0. The molecule has 0 saturated heterocycles. The molecule has 100 valence electrons. The molecule has 1 heterocycles. The van der Waals surface area contributed by atoms with Gasteiger partial charge in [0.25, 0.3) is 0 Å². The molecule has 0 aromatic heterocycles. The zero-order valence-corrected chi connectivity index (χ0v) is 12.0. The van der Waals surface area contributed by atoms with E-state index in [1.165, 1.54) is 0 Å². The van der Waals surface area contributed by atoms with E-state index in [-0.39, 0.29) is 17.1 Å².